The number of carbonyl (C=O) groups excluding carboxylic acids is 2. The molecule has 2 aliphatic heterocycles. The summed E-state index contributed by atoms with van der Waals surface area (Å²) in [6.45, 7) is 7.86. The lowest BCUT2D eigenvalue weighted by atomic mass is 9.95. The second kappa shape index (κ2) is 10.1. The number of nitrogens with zero attached hydrogens (tertiary/aromatic N) is 3. The third-order valence-corrected chi connectivity index (χ3v) is 7.64. The van der Waals surface area contributed by atoms with Crippen molar-refractivity contribution in [1.29, 1.82) is 0 Å². The number of rotatable bonds is 6. The fourth-order valence-electron chi connectivity index (χ4n) is 4.96. The molecule has 1 amide bonds. The Morgan fingerprint density at radius 2 is 1.82 bits per heavy atom. The Balaban J connectivity index is 1.79. The lowest BCUT2D eigenvalue weighted by Crippen LogP contribution is -2.41. The number of thiazole rings is 1. The van der Waals surface area contributed by atoms with Gasteiger partial charge in [0, 0.05) is 12.1 Å². The Morgan fingerprint density at radius 3 is 2.47 bits per heavy atom. The number of carbonyl (C=O) groups is 2. The maximum absolute atomic E-state index is 14.1. The molecule has 1 aromatic heterocycles. The van der Waals surface area contributed by atoms with Gasteiger partial charge >= 0.3 is 5.97 Å². The van der Waals surface area contributed by atoms with E-state index in [1.807, 2.05) is 43.3 Å². The average Bonchev–Trinajstić information content (AvgIpc) is 3.35. The van der Waals surface area contributed by atoms with Crippen molar-refractivity contribution in [3.8, 4) is 5.75 Å². The summed E-state index contributed by atoms with van der Waals surface area (Å²) in [5.41, 5.74) is 3.00. The normalized spacial score (nSPS) is 17.9. The Kier molecular flexibility index (Phi) is 6.79. The Bertz CT molecular complexity index is 1650. The number of aromatic nitrogens is 1. The minimum Gasteiger partial charge on any atom is -0.497 e. The van der Waals surface area contributed by atoms with E-state index in [0.29, 0.717) is 44.0 Å². The molecule has 2 aliphatic rings. The summed E-state index contributed by atoms with van der Waals surface area (Å²) in [6.07, 6.45) is 0.440. The van der Waals surface area contributed by atoms with Crippen LogP contribution in [0.25, 0.3) is 5.57 Å². The van der Waals surface area contributed by atoms with Gasteiger partial charge in [0.15, 0.2) is 4.80 Å². The van der Waals surface area contributed by atoms with Crippen LogP contribution in [0.3, 0.4) is 0 Å². The number of anilines is 1. The van der Waals surface area contributed by atoms with Gasteiger partial charge in [-0.2, -0.15) is 0 Å². The van der Waals surface area contributed by atoms with Crippen molar-refractivity contribution in [2.45, 2.75) is 46.3 Å². The maximum Gasteiger partial charge on any atom is 0.338 e. The van der Waals surface area contributed by atoms with Gasteiger partial charge in [0.1, 0.15) is 10.3 Å². The van der Waals surface area contributed by atoms with Crippen molar-refractivity contribution in [2.24, 2.45) is 4.99 Å². The van der Waals surface area contributed by atoms with Gasteiger partial charge in [-0.05, 0) is 51.0 Å². The molecule has 3 aromatic rings. The van der Waals surface area contributed by atoms with Crippen molar-refractivity contribution >= 4 is 34.5 Å². The molecule has 0 aliphatic carbocycles. The van der Waals surface area contributed by atoms with Gasteiger partial charge in [0.25, 0.3) is 11.5 Å². The van der Waals surface area contributed by atoms with Crippen LogP contribution in [0.2, 0.25) is 0 Å². The maximum atomic E-state index is 14.1. The van der Waals surface area contributed by atoms with Gasteiger partial charge in [-0.15, -0.1) is 0 Å². The molecule has 0 bridgehead atoms. The summed E-state index contributed by atoms with van der Waals surface area (Å²) in [5, 5.41) is 0. The number of amides is 1. The number of para-hydroxylation sites is 1. The molecule has 2 aromatic carbocycles. The highest BCUT2D eigenvalue weighted by Gasteiger charge is 2.37. The largest absolute Gasteiger partial charge is 0.497 e. The number of allylic oxidation sites excluding steroid dienone is 1. The van der Waals surface area contributed by atoms with Gasteiger partial charge in [-0.1, -0.05) is 48.6 Å². The van der Waals surface area contributed by atoms with Crippen LogP contribution in [0.1, 0.15) is 51.3 Å². The number of hydrogen-bond donors (Lipinski definition) is 0. The van der Waals surface area contributed by atoms with Crippen molar-refractivity contribution in [2.75, 3.05) is 18.6 Å². The summed E-state index contributed by atoms with van der Waals surface area (Å²) in [5.74, 6) is -0.0783. The van der Waals surface area contributed by atoms with E-state index >= 15 is 0 Å². The second-order valence-corrected chi connectivity index (χ2v) is 10.5. The van der Waals surface area contributed by atoms with Gasteiger partial charge in [0.05, 0.1) is 41.8 Å². The minimum atomic E-state index is -0.767. The molecular weight excluding hydrogens is 502 g/mol. The zero-order valence-corrected chi connectivity index (χ0v) is 22.8. The predicted octanol–water partition coefficient (Wildman–Crippen LogP) is 3.32. The minimum absolute atomic E-state index is 0.200. The van der Waals surface area contributed by atoms with E-state index in [9.17, 15) is 14.4 Å². The van der Waals surface area contributed by atoms with Gasteiger partial charge in [-0.25, -0.2) is 9.79 Å². The monoisotopic (exact) mass is 531 g/mol. The first-order valence-electron chi connectivity index (χ1n) is 12.6. The molecule has 38 heavy (non-hydrogen) atoms. The first kappa shape index (κ1) is 25.7. The van der Waals surface area contributed by atoms with Crippen molar-refractivity contribution in [1.82, 2.24) is 4.57 Å². The van der Waals surface area contributed by atoms with E-state index in [4.69, 9.17) is 9.47 Å². The van der Waals surface area contributed by atoms with E-state index in [-0.39, 0.29) is 17.6 Å². The smallest absolute Gasteiger partial charge is 0.338 e. The van der Waals surface area contributed by atoms with Crippen LogP contribution in [0.15, 0.2) is 69.6 Å². The number of fused-ring (bicyclic) bond motifs is 2. The average molecular weight is 532 g/mol. The Labute approximate surface area is 224 Å². The molecular formula is C29H29N3O5S. The first-order chi connectivity index (χ1) is 18.3. The van der Waals surface area contributed by atoms with E-state index in [1.165, 1.54) is 15.9 Å². The van der Waals surface area contributed by atoms with Crippen LogP contribution < -0.4 is 24.5 Å². The Morgan fingerprint density at radius 1 is 1.11 bits per heavy atom. The summed E-state index contributed by atoms with van der Waals surface area (Å²) < 4.78 is 12.7. The molecule has 8 nitrogen and oxygen atoms in total. The lowest BCUT2D eigenvalue weighted by molar-refractivity contribution is -0.143. The number of hydrogen-bond acceptors (Lipinski definition) is 7. The number of ether oxygens (including phenoxy) is 2. The van der Waals surface area contributed by atoms with Crippen molar-refractivity contribution in [3.05, 3.63) is 90.6 Å². The first-order valence-corrected chi connectivity index (χ1v) is 13.4. The fraction of sp³-hybridized carbons (Fsp3) is 0.310. The number of esters is 1. The summed E-state index contributed by atoms with van der Waals surface area (Å²) >= 11 is 1.17. The molecule has 0 spiro atoms. The molecule has 0 fully saturated rings. The van der Waals surface area contributed by atoms with Crippen LogP contribution >= 0.6 is 11.3 Å². The van der Waals surface area contributed by atoms with Crippen LogP contribution in [0.4, 0.5) is 5.69 Å². The van der Waals surface area contributed by atoms with Gasteiger partial charge in [-0.3, -0.25) is 14.2 Å². The summed E-state index contributed by atoms with van der Waals surface area (Å²) in [6, 6.07) is 14.0. The quantitative estimate of drug-likeness (QED) is 0.455. The van der Waals surface area contributed by atoms with Crippen molar-refractivity contribution in [3.63, 3.8) is 0 Å². The van der Waals surface area contributed by atoms with Crippen LogP contribution in [0, 0.1) is 0 Å². The molecule has 0 N–H and O–H groups in total. The lowest BCUT2D eigenvalue weighted by Gasteiger charge is -2.25. The summed E-state index contributed by atoms with van der Waals surface area (Å²) in [7, 11) is 1.58. The number of methoxy groups -OCH3 is 1. The van der Waals surface area contributed by atoms with Crippen LogP contribution in [0.5, 0.6) is 5.75 Å². The predicted molar refractivity (Wildman–Crippen MR) is 146 cm³/mol. The third kappa shape index (κ3) is 4.16. The Hall–Kier alpha value is -3.98. The summed E-state index contributed by atoms with van der Waals surface area (Å²) in [4.78, 5) is 47.9. The zero-order chi connectivity index (χ0) is 27.1. The molecule has 196 valence electrons. The van der Waals surface area contributed by atoms with E-state index in [2.05, 4.69) is 4.99 Å². The fourth-order valence-corrected chi connectivity index (χ4v) is 6.09. The molecule has 9 heteroatoms. The van der Waals surface area contributed by atoms with Gasteiger partial charge < -0.3 is 14.4 Å². The SMILES string of the molecule is CCCN1C(=O)C(=c2sc3n(c2=O)C(c2ccc(OC)cc2)C(C(=O)OC(C)C)=C(C)N=3)c2ccccc21. The molecule has 1 atom stereocenters. The zero-order valence-electron chi connectivity index (χ0n) is 22.0. The molecule has 1 unspecified atom stereocenters. The standard InChI is InChI=1S/C29H29N3O5S/c1-6-15-31-21-10-8-7-9-20(21)23(26(31)33)25-27(34)32-24(18-11-13-19(36-5)14-12-18)22(28(35)37-16(2)3)17(4)30-29(32)38-25/h7-14,16,24H,6,15H2,1-5H3. The topological polar surface area (TPSA) is 90.2 Å². The van der Waals surface area contributed by atoms with Crippen LogP contribution in [-0.2, 0) is 14.3 Å². The third-order valence-electron chi connectivity index (χ3n) is 6.59. The number of benzene rings is 2. The molecule has 0 saturated heterocycles. The highest BCUT2D eigenvalue weighted by atomic mass is 32.1. The highest BCUT2D eigenvalue weighted by molar-refractivity contribution is 7.07. The molecule has 3 heterocycles. The van der Waals surface area contributed by atoms with E-state index in [1.54, 1.807) is 44.9 Å². The van der Waals surface area contributed by atoms with E-state index < -0.39 is 12.0 Å². The molecule has 0 saturated carbocycles. The van der Waals surface area contributed by atoms with Crippen molar-refractivity contribution < 1.29 is 19.1 Å². The molecule has 5 rings (SSSR count). The van der Waals surface area contributed by atoms with Crippen LogP contribution in [-0.4, -0.2) is 36.2 Å². The second-order valence-electron chi connectivity index (χ2n) is 9.48. The highest BCUT2D eigenvalue weighted by Crippen LogP contribution is 2.36. The van der Waals surface area contributed by atoms with Gasteiger partial charge in [0.2, 0.25) is 0 Å². The molecule has 0 radical (unpaired) electrons. The van der Waals surface area contributed by atoms with E-state index in [0.717, 1.165) is 17.7 Å².